The molecule has 6 nitrogen and oxygen atoms in total. The molecule has 34 heavy (non-hydrogen) atoms. The van der Waals surface area contributed by atoms with E-state index in [0.29, 0.717) is 35.7 Å². The highest BCUT2D eigenvalue weighted by Gasteiger charge is 2.22. The Bertz CT molecular complexity index is 1300. The van der Waals surface area contributed by atoms with Crippen molar-refractivity contribution in [1.29, 1.82) is 0 Å². The van der Waals surface area contributed by atoms with Crippen LogP contribution in [0.15, 0.2) is 69.6 Å². The SMILES string of the molecule is CCNC(=O)Oc1ccc2cc(Br)ccc2c1-c1c(OC(=O)NCC)ccc2cc(Br)ccc12. The smallest absolute Gasteiger partial charge is 0.410 e. The van der Waals surface area contributed by atoms with Gasteiger partial charge in [-0.3, -0.25) is 0 Å². The third kappa shape index (κ3) is 5.03. The molecule has 0 aliphatic carbocycles. The van der Waals surface area contributed by atoms with Gasteiger partial charge >= 0.3 is 12.2 Å². The van der Waals surface area contributed by atoms with Crippen LogP contribution in [-0.2, 0) is 0 Å². The summed E-state index contributed by atoms with van der Waals surface area (Å²) >= 11 is 7.05. The Balaban J connectivity index is 2.06. The molecule has 4 aromatic rings. The van der Waals surface area contributed by atoms with Crippen molar-refractivity contribution in [2.75, 3.05) is 13.1 Å². The van der Waals surface area contributed by atoms with E-state index < -0.39 is 12.2 Å². The molecule has 0 fully saturated rings. The van der Waals surface area contributed by atoms with Gasteiger partial charge in [-0.25, -0.2) is 9.59 Å². The molecule has 0 atom stereocenters. The number of fused-ring (bicyclic) bond motifs is 2. The summed E-state index contributed by atoms with van der Waals surface area (Å²) in [4.78, 5) is 24.8. The van der Waals surface area contributed by atoms with Crippen molar-refractivity contribution in [2.45, 2.75) is 13.8 Å². The molecule has 0 aliphatic rings. The maximum absolute atomic E-state index is 12.4. The summed E-state index contributed by atoms with van der Waals surface area (Å²) in [6, 6.07) is 19.0. The van der Waals surface area contributed by atoms with Crippen LogP contribution in [-0.4, -0.2) is 25.3 Å². The first-order valence-electron chi connectivity index (χ1n) is 10.8. The van der Waals surface area contributed by atoms with E-state index >= 15 is 0 Å². The van der Waals surface area contributed by atoms with Crippen LogP contribution in [0.2, 0.25) is 0 Å². The van der Waals surface area contributed by atoms with Gasteiger partial charge in [0.25, 0.3) is 0 Å². The highest BCUT2D eigenvalue weighted by molar-refractivity contribution is 9.10. The third-order valence-corrected chi connectivity index (χ3v) is 6.17. The lowest BCUT2D eigenvalue weighted by Crippen LogP contribution is -2.27. The number of ether oxygens (including phenoxy) is 2. The van der Waals surface area contributed by atoms with Gasteiger partial charge in [0.2, 0.25) is 0 Å². The third-order valence-electron chi connectivity index (χ3n) is 5.18. The molecule has 4 aromatic carbocycles. The second kappa shape index (κ2) is 10.4. The van der Waals surface area contributed by atoms with Crippen LogP contribution in [0, 0.1) is 0 Å². The van der Waals surface area contributed by atoms with Crippen LogP contribution in [0.25, 0.3) is 32.7 Å². The monoisotopic (exact) mass is 584 g/mol. The number of carbonyl (C=O) groups excluding carboxylic acids is 2. The quantitative estimate of drug-likeness (QED) is 0.256. The van der Waals surface area contributed by atoms with Crippen LogP contribution in [0.1, 0.15) is 13.8 Å². The number of rotatable bonds is 5. The van der Waals surface area contributed by atoms with E-state index in [4.69, 9.17) is 9.47 Å². The van der Waals surface area contributed by atoms with Gasteiger partial charge < -0.3 is 20.1 Å². The number of halogens is 2. The van der Waals surface area contributed by atoms with Gasteiger partial charge in [0.1, 0.15) is 11.5 Å². The second-order valence-corrected chi connectivity index (χ2v) is 9.28. The van der Waals surface area contributed by atoms with E-state index in [9.17, 15) is 9.59 Å². The summed E-state index contributed by atoms with van der Waals surface area (Å²) in [6.07, 6.45) is -1.12. The molecule has 0 radical (unpaired) electrons. The Hall–Kier alpha value is -3.10. The fourth-order valence-electron chi connectivity index (χ4n) is 3.81. The zero-order valence-corrected chi connectivity index (χ0v) is 21.7. The molecule has 0 saturated carbocycles. The van der Waals surface area contributed by atoms with E-state index in [-0.39, 0.29) is 0 Å². The number of benzene rings is 4. The molecular weight excluding hydrogens is 564 g/mol. The maximum Gasteiger partial charge on any atom is 0.412 e. The van der Waals surface area contributed by atoms with Crippen molar-refractivity contribution >= 4 is 65.6 Å². The second-order valence-electron chi connectivity index (χ2n) is 7.45. The van der Waals surface area contributed by atoms with Crippen molar-refractivity contribution in [3.8, 4) is 22.6 Å². The number of hydrogen-bond acceptors (Lipinski definition) is 4. The minimum atomic E-state index is -0.561. The summed E-state index contributed by atoms with van der Waals surface area (Å²) in [5.74, 6) is 0.717. The number of nitrogens with one attached hydrogen (secondary N) is 2. The van der Waals surface area contributed by atoms with Gasteiger partial charge in [-0.1, -0.05) is 56.1 Å². The molecule has 0 heterocycles. The molecule has 0 spiro atoms. The molecular formula is C26H22Br2N2O4. The Morgan fingerprint density at radius 1 is 0.676 bits per heavy atom. The van der Waals surface area contributed by atoms with Crippen LogP contribution in [0.3, 0.4) is 0 Å². The Kier molecular flexibility index (Phi) is 7.38. The average Bonchev–Trinajstić information content (AvgIpc) is 2.79. The summed E-state index contributed by atoms with van der Waals surface area (Å²) in [5.41, 5.74) is 1.31. The first kappa shape index (κ1) is 24.0. The highest BCUT2D eigenvalue weighted by atomic mass is 79.9. The Labute approximate surface area is 213 Å². The maximum atomic E-state index is 12.4. The summed E-state index contributed by atoms with van der Waals surface area (Å²) in [7, 11) is 0. The van der Waals surface area contributed by atoms with Crippen molar-refractivity contribution in [3.63, 3.8) is 0 Å². The molecule has 0 aliphatic heterocycles. The minimum Gasteiger partial charge on any atom is -0.410 e. The fraction of sp³-hybridized carbons (Fsp3) is 0.154. The van der Waals surface area contributed by atoms with E-state index in [1.807, 2.05) is 62.4 Å². The molecule has 2 amide bonds. The van der Waals surface area contributed by atoms with Crippen molar-refractivity contribution < 1.29 is 19.1 Å². The lowest BCUT2D eigenvalue weighted by Gasteiger charge is -2.19. The van der Waals surface area contributed by atoms with Crippen molar-refractivity contribution in [2.24, 2.45) is 0 Å². The minimum absolute atomic E-state index is 0.358. The van der Waals surface area contributed by atoms with Crippen LogP contribution < -0.4 is 20.1 Å². The molecule has 4 rings (SSSR count). The molecule has 174 valence electrons. The van der Waals surface area contributed by atoms with E-state index in [1.165, 1.54) is 0 Å². The zero-order valence-electron chi connectivity index (χ0n) is 18.6. The summed E-state index contributed by atoms with van der Waals surface area (Å²) in [5, 5.41) is 8.90. The fourth-order valence-corrected chi connectivity index (χ4v) is 4.57. The number of hydrogen-bond donors (Lipinski definition) is 2. The molecule has 0 saturated heterocycles. The first-order valence-corrected chi connectivity index (χ1v) is 12.4. The van der Waals surface area contributed by atoms with E-state index in [2.05, 4.69) is 42.5 Å². The normalized spacial score (nSPS) is 10.8. The molecule has 8 heteroatoms. The van der Waals surface area contributed by atoms with Gasteiger partial charge in [0.15, 0.2) is 0 Å². The topological polar surface area (TPSA) is 76.7 Å². The first-order chi connectivity index (χ1) is 16.4. The van der Waals surface area contributed by atoms with Gasteiger partial charge in [0, 0.05) is 33.2 Å². The average molecular weight is 586 g/mol. The zero-order chi connectivity index (χ0) is 24.2. The highest BCUT2D eigenvalue weighted by Crippen LogP contribution is 2.46. The molecule has 0 aromatic heterocycles. The Morgan fingerprint density at radius 2 is 1.09 bits per heavy atom. The molecule has 2 N–H and O–H groups in total. The largest absolute Gasteiger partial charge is 0.412 e. The predicted molar refractivity (Wildman–Crippen MR) is 142 cm³/mol. The van der Waals surface area contributed by atoms with Gasteiger partial charge in [-0.2, -0.15) is 0 Å². The van der Waals surface area contributed by atoms with E-state index in [0.717, 1.165) is 30.5 Å². The summed E-state index contributed by atoms with van der Waals surface area (Å²) < 4.78 is 13.3. The number of carbonyl (C=O) groups is 2. The van der Waals surface area contributed by atoms with Crippen molar-refractivity contribution in [1.82, 2.24) is 10.6 Å². The van der Waals surface area contributed by atoms with E-state index in [1.54, 1.807) is 12.1 Å². The standard InChI is InChI=1S/C26H22Br2N2O4/c1-3-29-25(31)33-21-11-5-15-13-17(27)7-9-19(15)23(21)24-20-10-8-18(28)14-16(20)6-12-22(24)34-26(32)30-4-2/h5-14H,3-4H2,1-2H3,(H,29,31)(H,30,32). The van der Waals surface area contributed by atoms with Crippen LogP contribution >= 0.6 is 31.9 Å². The van der Waals surface area contributed by atoms with Gasteiger partial charge in [0.05, 0.1) is 0 Å². The van der Waals surface area contributed by atoms with Gasteiger partial charge in [-0.15, -0.1) is 0 Å². The lowest BCUT2D eigenvalue weighted by atomic mass is 9.92. The lowest BCUT2D eigenvalue weighted by molar-refractivity contribution is 0.199. The summed E-state index contributed by atoms with van der Waals surface area (Å²) in [6.45, 7) is 4.51. The van der Waals surface area contributed by atoms with Crippen LogP contribution in [0.4, 0.5) is 9.59 Å². The Morgan fingerprint density at radius 3 is 1.47 bits per heavy atom. The molecule has 0 unspecified atom stereocenters. The van der Waals surface area contributed by atoms with Crippen molar-refractivity contribution in [3.05, 3.63) is 69.6 Å². The van der Waals surface area contributed by atoms with Crippen LogP contribution in [0.5, 0.6) is 11.5 Å². The predicted octanol–water partition coefficient (Wildman–Crippen LogP) is 7.40. The molecule has 0 bridgehead atoms. The van der Waals surface area contributed by atoms with Gasteiger partial charge in [-0.05, 0) is 71.8 Å². The number of amides is 2.